The molecule has 4 rings (SSSR count). The average Bonchev–Trinajstić information content (AvgIpc) is 2.99. The van der Waals surface area contributed by atoms with E-state index in [1.165, 1.54) is 16.7 Å². The predicted octanol–water partition coefficient (Wildman–Crippen LogP) is 3.85. The lowest BCUT2D eigenvalue weighted by molar-refractivity contribution is -0.136. The number of benzene rings is 2. The van der Waals surface area contributed by atoms with Crippen molar-refractivity contribution in [2.24, 2.45) is 0 Å². The summed E-state index contributed by atoms with van der Waals surface area (Å²) in [6.07, 6.45) is 0. The lowest BCUT2D eigenvalue weighted by Gasteiger charge is -2.28. The molecule has 2 aliphatic rings. The monoisotopic (exact) mass is 442 g/mol. The maximum atomic E-state index is 13.3. The zero-order valence-electron chi connectivity index (χ0n) is 16.8. The van der Waals surface area contributed by atoms with E-state index in [0.29, 0.717) is 41.8 Å². The van der Waals surface area contributed by atoms with Gasteiger partial charge in [0.05, 0.1) is 23.7 Å². The molecule has 0 radical (unpaired) electrons. The molecular formula is C23H23ClN2O3S. The minimum atomic E-state index is -0.233. The number of rotatable bonds is 6. The fraction of sp³-hybridized carbons (Fsp3) is 0.304. The largest absolute Gasteiger partial charge is 0.379 e. The van der Waals surface area contributed by atoms with Crippen LogP contribution in [0.1, 0.15) is 11.1 Å². The molecule has 2 aromatic rings. The van der Waals surface area contributed by atoms with Crippen molar-refractivity contribution in [2.75, 3.05) is 39.4 Å². The SMILES string of the molecule is Cc1ccc(C2=C(Sc3ccc(Cl)cc3)C(=O)N(CCN3CCOCC3)C2=O)cc1. The van der Waals surface area contributed by atoms with Gasteiger partial charge in [-0.1, -0.05) is 53.2 Å². The molecule has 0 spiro atoms. The number of carbonyl (C=O) groups excluding carboxylic acids is 2. The molecule has 2 heterocycles. The van der Waals surface area contributed by atoms with Crippen molar-refractivity contribution >= 4 is 40.8 Å². The summed E-state index contributed by atoms with van der Waals surface area (Å²) < 4.78 is 5.38. The zero-order chi connectivity index (χ0) is 21.1. The van der Waals surface area contributed by atoms with Gasteiger partial charge in [0.1, 0.15) is 0 Å². The van der Waals surface area contributed by atoms with Crippen molar-refractivity contribution in [1.29, 1.82) is 0 Å². The topological polar surface area (TPSA) is 49.9 Å². The van der Waals surface area contributed by atoms with Crippen LogP contribution in [0.15, 0.2) is 58.3 Å². The number of hydrogen-bond acceptors (Lipinski definition) is 5. The van der Waals surface area contributed by atoms with Gasteiger partial charge in [-0.2, -0.15) is 0 Å². The molecule has 2 aromatic carbocycles. The number of aryl methyl sites for hydroxylation is 1. The summed E-state index contributed by atoms with van der Waals surface area (Å²) in [7, 11) is 0. The molecule has 30 heavy (non-hydrogen) atoms. The first kappa shape index (κ1) is 21.1. The minimum Gasteiger partial charge on any atom is -0.379 e. The van der Waals surface area contributed by atoms with Crippen LogP contribution < -0.4 is 0 Å². The second-order valence-corrected chi connectivity index (χ2v) is 8.86. The maximum absolute atomic E-state index is 13.3. The standard InChI is InChI=1S/C23H23ClN2O3S/c1-16-2-4-17(5-3-16)20-21(30-19-8-6-18(24)7-9-19)23(28)26(22(20)27)11-10-25-12-14-29-15-13-25/h2-9H,10-15H2,1H3. The molecule has 0 unspecified atom stereocenters. The highest BCUT2D eigenvalue weighted by atomic mass is 35.5. The van der Waals surface area contributed by atoms with E-state index in [1.807, 2.05) is 43.3 Å². The summed E-state index contributed by atoms with van der Waals surface area (Å²) in [6.45, 7) is 6.04. The second-order valence-electron chi connectivity index (χ2n) is 7.34. The Morgan fingerprint density at radius 3 is 2.27 bits per heavy atom. The molecule has 7 heteroatoms. The van der Waals surface area contributed by atoms with Crippen LogP contribution in [0.25, 0.3) is 5.57 Å². The molecule has 0 aromatic heterocycles. The van der Waals surface area contributed by atoms with Gasteiger partial charge in [0.2, 0.25) is 0 Å². The molecule has 2 aliphatic heterocycles. The van der Waals surface area contributed by atoms with Gasteiger partial charge in [-0.3, -0.25) is 19.4 Å². The number of imide groups is 1. The predicted molar refractivity (Wildman–Crippen MR) is 119 cm³/mol. The number of nitrogens with zero attached hydrogens (tertiary/aromatic N) is 2. The van der Waals surface area contributed by atoms with Gasteiger partial charge < -0.3 is 4.74 Å². The highest BCUT2D eigenvalue weighted by Crippen LogP contribution is 2.39. The first-order valence-corrected chi connectivity index (χ1v) is 11.1. The Bertz CT molecular complexity index is 967. The number of carbonyl (C=O) groups is 2. The van der Waals surface area contributed by atoms with Crippen LogP contribution in [0.2, 0.25) is 5.02 Å². The summed E-state index contributed by atoms with van der Waals surface area (Å²) in [4.78, 5) is 31.5. The van der Waals surface area contributed by atoms with Gasteiger partial charge in [-0.25, -0.2) is 0 Å². The summed E-state index contributed by atoms with van der Waals surface area (Å²) >= 11 is 7.31. The van der Waals surface area contributed by atoms with E-state index in [4.69, 9.17) is 16.3 Å². The van der Waals surface area contributed by atoms with E-state index in [0.717, 1.165) is 29.1 Å². The molecule has 2 amide bonds. The Labute approximate surface area is 185 Å². The number of amides is 2. The summed E-state index contributed by atoms with van der Waals surface area (Å²) in [5.74, 6) is -0.461. The number of ether oxygens (including phenoxy) is 1. The van der Waals surface area contributed by atoms with Crippen molar-refractivity contribution in [2.45, 2.75) is 11.8 Å². The number of hydrogen-bond donors (Lipinski definition) is 0. The highest BCUT2D eigenvalue weighted by Gasteiger charge is 2.39. The van der Waals surface area contributed by atoms with Gasteiger partial charge in [-0.15, -0.1) is 0 Å². The quantitative estimate of drug-likeness (QED) is 0.636. The van der Waals surface area contributed by atoms with Crippen molar-refractivity contribution in [3.63, 3.8) is 0 Å². The van der Waals surface area contributed by atoms with Crippen LogP contribution in [-0.4, -0.2) is 61.0 Å². The lowest BCUT2D eigenvalue weighted by atomic mass is 10.0. The van der Waals surface area contributed by atoms with E-state index in [9.17, 15) is 9.59 Å². The van der Waals surface area contributed by atoms with Crippen LogP contribution >= 0.6 is 23.4 Å². The normalized spacial score (nSPS) is 17.9. The maximum Gasteiger partial charge on any atom is 0.268 e. The molecule has 0 atom stereocenters. The summed E-state index contributed by atoms with van der Waals surface area (Å²) in [6, 6.07) is 15.0. The van der Waals surface area contributed by atoms with Crippen LogP contribution in [0.4, 0.5) is 0 Å². The molecule has 0 N–H and O–H groups in total. The van der Waals surface area contributed by atoms with E-state index in [2.05, 4.69) is 4.90 Å². The summed E-state index contributed by atoms with van der Waals surface area (Å²) in [5, 5.41) is 0.632. The van der Waals surface area contributed by atoms with Crippen LogP contribution in [0.3, 0.4) is 0 Å². The van der Waals surface area contributed by atoms with E-state index in [1.54, 1.807) is 12.1 Å². The number of thioether (sulfide) groups is 1. The Morgan fingerprint density at radius 1 is 0.933 bits per heavy atom. The fourth-order valence-electron chi connectivity index (χ4n) is 3.51. The Hall–Kier alpha value is -2.12. The highest BCUT2D eigenvalue weighted by molar-refractivity contribution is 8.04. The van der Waals surface area contributed by atoms with E-state index < -0.39 is 0 Å². The van der Waals surface area contributed by atoms with E-state index in [-0.39, 0.29) is 11.8 Å². The number of morpholine rings is 1. The first-order valence-electron chi connectivity index (χ1n) is 9.94. The molecule has 0 aliphatic carbocycles. The van der Waals surface area contributed by atoms with Crippen molar-refractivity contribution in [1.82, 2.24) is 9.80 Å². The molecule has 156 valence electrons. The minimum absolute atomic E-state index is 0.228. The van der Waals surface area contributed by atoms with Crippen LogP contribution in [-0.2, 0) is 14.3 Å². The molecule has 0 bridgehead atoms. The first-order chi connectivity index (χ1) is 14.5. The van der Waals surface area contributed by atoms with E-state index >= 15 is 0 Å². The molecule has 5 nitrogen and oxygen atoms in total. The van der Waals surface area contributed by atoms with Crippen LogP contribution in [0.5, 0.6) is 0 Å². The Kier molecular flexibility index (Phi) is 6.58. The average molecular weight is 443 g/mol. The van der Waals surface area contributed by atoms with Gasteiger partial charge in [-0.05, 0) is 36.8 Å². The number of halogens is 1. The fourth-order valence-corrected chi connectivity index (χ4v) is 4.65. The van der Waals surface area contributed by atoms with Crippen LogP contribution in [0, 0.1) is 6.92 Å². The van der Waals surface area contributed by atoms with Gasteiger partial charge in [0.25, 0.3) is 11.8 Å². The molecular weight excluding hydrogens is 420 g/mol. The van der Waals surface area contributed by atoms with Gasteiger partial charge in [0, 0.05) is 36.1 Å². The Balaban J connectivity index is 1.61. The third-order valence-corrected chi connectivity index (χ3v) is 6.59. The lowest BCUT2D eigenvalue weighted by Crippen LogP contribution is -2.43. The third-order valence-electron chi connectivity index (χ3n) is 5.24. The van der Waals surface area contributed by atoms with Crippen molar-refractivity contribution in [3.05, 3.63) is 69.6 Å². The van der Waals surface area contributed by atoms with Gasteiger partial charge in [0.15, 0.2) is 0 Å². The molecule has 1 fully saturated rings. The third kappa shape index (κ3) is 4.62. The van der Waals surface area contributed by atoms with Gasteiger partial charge >= 0.3 is 0 Å². The second kappa shape index (κ2) is 9.35. The summed E-state index contributed by atoms with van der Waals surface area (Å²) in [5.41, 5.74) is 2.35. The molecule has 1 saturated heterocycles. The van der Waals surface area contributed by atoms with Crippen molar-refractivity contribution in [3.8, 4) is 0 Å². The smallest absolute Gasteiger partial charge is 0.268 e. The molecule has 0 saturated carbocycles. The van der Waals surface area contributed by atoms with Crippen molar-refractivity contribution < 1.29 is 14.3 Å². The zero-order valence-corrected chi connectivity index (χ0v) is 18.3. The Morgan fingerprint density at radius 2 is 1.60 bits per heavy atom.